The predicted octanol–water partition coefficient (Wildman–Crippen LogP) is -0.0403. The molecule has 1 amide bonds. The Morgan fingerprint density at radius 3 is 2.88 bits per heavy atom. The molecule has 7 heteroatoms. The molecule has 1 heterocycles. The first-order chi connectivity index (χ1) is 8.04. The van der Waals surface area contributed by atoms with E-state index in [0.717, 1.165) is 0 Å². The van der Waals surface area contributed by atoms with E-state index in [1.807, 2.05) is 0 Å². The van der Waals surface area contributed by atoms with Crippen molar-refractivity contribution in [3.05, 3.63) is 23.0 Å². The van der Waals surface area contributed by atoms with Gasteiger partial charge in [-0.25, -0.2) is 0 Å². The van der Waals surface area contributed by atoms with Crippen LogP contribution in [0.15, 0.2) is 11.2 Å². The fourth-order valence-electron chi connectivity index (χ4n) is 1.23. The molecule has 0 spiro atoms. The number of aromatic nitrogens is 2. The Kier molecular flexibility index (Phi) is 4.38. The average molecular weight is 237 g/mol. The van der Waals surface area contributed by atoms with Crippen LogP contribution in [-0.4, -0.2) is 33.7 Å². The van der Waals surface area contributed by atoms with Crippen LogP contribution in [0.2, 0.25) is 0 Å². The van der Waals surface area contributed by atoms with Crippen molar-refractivity contribution < 1.29 is 10.0 Å². The average Bonchev–Trinajstić information content (AvgIpc) is 2.31. The van der Waals surface area contributed by atoms with Crippen molar-refractivity contribution in [3.8, 4) is 0 Å². The number of amides is 1. The first kappa shape index (κ1) is 12.9. The van der Waals surface area contributed by atoms with Gasteiger partial charge in [0.05, 0.1) is 17.0 Å². The lowest BCUT2D eigenvalue weighted by atomic mass is 10.2. The van der Waals surface area contributed by atoms with Crippen LogP contribution in [0.4, 0.5) is 0 Å². The molecule has 17 heavy (non-hydrogen) atoms. The lowest BCUT2D eigenvalue weighted by Gasteiger charge is -2.06. The van der Waals surface area contributed by atoms with Crippen LogP contribution in [0, 0.1) is 13.8 Å². The smallest absolute Gasteiger partial charge is 0.253 e. The molecule has 92 valence electrons. The molecule has 0 saturated heterocycles. The normalized spacial score (nSPS) is 11.3. The van der Waals surface area contributed by atoms with Crippen molar-refractivity contribution in [2.45, 2.75) is 20.3 Å². The number of oxime groups is 1. The zero-order valence-corrected chi connectivity index (χ0v) is 9.77. The van der Waals surface area contributed by atoms with Crippen molar-refractivity contribution in [1.82, 2.24) is 15.5 Å². The Labute approximate surface area is 98.7 Å². The number of aryl methyl sites for hydroxylation is 2. The molecule has 0 saturated carbocycles. The fraction of sp³-hybridized carbons (Fsp3) is 0.400. The number of amidine groups is 1. The summed E-state index contributed by atoms with van der Waals surface area (Å²) in [5, 5.41) is 21.5. The summed E-state index contributed by atoms with van der Waals surface area (Å²) in [4.78, 5) is 11.8. The number of nitrogens with one attached hydrogen (secondary N) is 1. The predicted molar refractivity (Wildman–Crippen MR) is 61.9 cm³/mol. The van der Waals surface area contributed by atoms with Gasteiger partial charge in [-0.2, -0.15) is 10.2 Å². The van der Waals surface area contributed by atoms with Gasteiger partial charge in [-0.15, -0.1) is 0 Å². The Morgan fingerprint density at radius 2 is 2.24 bits per heavy atom. The standard InChI is InChI=1S/C10H15N5O2/c1-6-5-8(7(2)14-13-6)10(16)12-4-3-9(11)15-17/h5,17H,3-4H2,1-2H3,(H2,11,15)(H,12,16). The summed E-state index contributed by atoms with van der Waals surface area (Å²) in [7, 11) is 0. The molecule has 0 aromatic carbocycles. The highest BCUT2D eigenvalue weighted by molar-refractivity contribution is 5.95. The summed E-state index contributed by atoms with van der Waals surface area (Å²) in [6.07, 6.45) is 0.290. The zero-order chi connectivity index (χ0) is 12.8. The van der Waals surface area contributed by atoms with E-state index in [0.29, 0.717) is 29.9 Å². The second-order valence-corrected chi connectivity index (χ2v) is 3.58. The Morgan fingerprint density at radius 1 is 1.53 bits per heavy atom. The van der Waals surface area contributed by atoms with Crippen LogP contribution in [0.25, 0.3) is 0 Å². The van der Waals surface area contributed by atoms with E-state index in [4.69, 9.17) is 10.9 Å². The molecule has 0 atom stereocenters. The van der Waals surface area contributed by atoms with Gasteiger partial charge in [0.15, 0.2) is 0 Å². The van der Waals surface area contributed by atoms with Crippen molar-refractivity contribution >= 4 is 11.7 Å². The van der Waals surface area contributed by atoms with Crippen molar-refractivity contribution in [1.29, 1.82) is 0 Å². The molecule has 0 aliphatic carbocycles. The van der Waals surface area contributed by atoms with Gasteiger partial charge in [0.1, 0.15) is 5.84 Å². The van der Waals surface area contributed by atoms with Crippen molar-refractivity contribution in [3.63, 3.8) is 0 Å². The highest BCUT2D eigenvalue weighted by atomic mass is 16.4. The molecule has 1 rings (SSSR count). The molecule has 0 unspecified atom stereocenters. The summed E-state index contributed by atoms with van der Waals surface area (Å²) < 4.78 is 0. The van der Waals surface area contributed by atoms with Crippen molar-refractivity contribution in [2.75, 3.05) is 6.54 Å². The van der Waals surface area contributed by atoms with Gasteiger partial charge < -0.3 is 16.3 Å². The highest BCUT2D eigenvalue weighted by Crippen LogP contribution is 2.04. The fourth-order valence-corrected chi connectivity index (χ4v) is 1.23. The van der Waals surface area contributed by atoms with Crippen LogP contribution in [0.1, 0.15) is 28.2 Å². The molecule has 0 radical (unpaired) electrons. The lowest BCUT2D eigenvalue weighted by molar-refractivity contribution is 0.0953. The minimum Gasteiger partial charge on any atom is -0.409 e. The number of hydrogen-bond donors (Lipinski definition) is 3. The van der Waals surface area contributed by atoms with Gasteiger partial charge in [0.25, 0.3) is 5.91 Å². The SMILES string of the molecule is Cc1cc(C(=O)NCC/C(N)=N/O)c(C)nn1. The van der Waals surface area contributed by atoms with Gasteiger partial charge in [0.2, 0.25) is 0 Å². The van der Waals surface area contributed by atoms with E-state index >= 15 is 0 Å². The zero-order valence-electron chi connectivity index (χ0n) is 9.77. The maximum Gasteiger partial charge on any atom is 0.253 e. The van der Waals surface area contributed by atoms with E-state index in [9.17, 15) is 4.79 Å². The lowest BCUT2D eigenvalue weighted by Crippen LogP contribution is -2.28. The van der Waals surface area contributed by atoms with Crippen LogP contribution in [0.3, 0.4) is 0 Å². The molecule has 0 bridgehead atoms. The monoisotopic (exact) mass is 237 g/mol. The van der Waals surface area contributed by atoms with Gasteiger partial charge >= 0.3 is 0 Å². The molecule has 0 fully saturated rings. The number of hydrogen-bond acceptors (Lipinski definition) is 5. The Bertz CT molecular complexity index is 444. The third-order valence-corrected chi connectivity index (χ3v) is 2.14. The third-order valence-electron chi connectivity index (χ3n) is 2.14. The van der Waals surface area contributed by atoms with E-state index in [-0.39, 0.29) is 11.7 Å². The minimum absolute atomic E-state index is 0.0751. The molecule has 1 aromatic heterocycles. The molecule has 1 aromatic rings. The summed E-state index contributed by atoms with van der Waals surface area (Å²) in [6, 6.07) is 1.67. The first-order valence-electron chi connectivity index (χ1n) is 5.10. The highest BCUT2D eigenvalue weighted by Gasteiger charge is 2.10. The second-order valence-electron chi connectivity index (χ2n) is 3.58. The van der Waals surface area contributed by atoms with Gasteiger partial charge in [-0.1, -0.05) is 5.16 Å². The topological polar surface area (TPSA) is 113 Å². The second kappa shape index (κ2) is 5.78. The third kappa shape index (κ3) is 3.71. The molecular weight excluding hydrogens is 222 g/mol. The molecular formula is C10H15N5O2. The molecule has 7 nitrogen and oxygen atoms in total. The summed E-state index contributed by atoms with van der Waals surface area (Å²) in [6.45, 7) is 3.78. The van der Waals surface area contributed by atoms with Gasteiger partial charge in [-0.3, -0.25) is 4.79 Å². The van der Waals surface area contributed by atoms with Gasteiger partial charge in [-0.05, 0) is 19.9 Å². The van der Waals surface area contributed by atoms with E-state index < -0.39 is 0 Å². The Hall–Kier alpha value is -2.18. The first-order valence-corrected chi connectivity index (χ1v) is 5.10. The maximum atomic E-state index is 11.8. The molecule has 0 aliphatic rings. The maximum absolute atomic E-state index is 11.8. The van der Waals surface area contributed by atoms with E-state index in [1.165, 1.54) is 0 Å². The minimum atomic E-state index is -0.244. The number of nitrogens with two attached hydrogens (primary N) is 1. The van der Waals surface area contributed by atoms with E-state index in [2.05, 4.69) is 20.7 Å². The quantitative estimate of drug-likeness (QED) is 0.294. The van der Waals surface area contributed by atoms with Crippen LogP contribution >= 0.6 is 0 Å². The van der Waals surface area contributed by atoms with Crippen LogP contribution in [-0.2, 0) is 0 Å². The molecule has 4 N–H and O–H groups in total. The van der Waals surface area contributed by atoms with Crippen LogP contribution in [0.5, 0.6) is 0 Å². The van der Waals surface area contributed by atoms with Crippen LogP contribution < -0.4 is 11.1 Å². The van der Waals surface area contributed by atoms with Gasteiger partial charge in [0, 0.05) is 13.0 Å². The molecule has 0 aliphatic heterocycles. The number of carbonyl (C=O) groups excluding carboxylic acids is 1. The largest absolute Gasteiger partial charge is 0.409 e. The summed E-state index contributed by atoms with van der Waals surface area (Å²) >= 11 is 0. The summed E-state index contributed by atoms with van der Waals surface area (Å²) in [5.74, 6) is -0.169. The number of carbonyl (C=O) groups is 1. The Balaban J connectivity index is 2.61. The van der Waals surface area contributed by atoms with E-state index in [1.54, 1.807) is 19.9 Å². The van der Waals surface area contributed by atoms with Crippen molar-refractivity contribution in [2.24, 2.45) is 10.9 Å². The number of rotatable bonds is 4. The summed E-state index contributed by atoms with van der Waals surface area (Å²) in [5.41, 5.74) is 7.01. The number of nitrogens with zero attached hydrogens (tertiary/aromatic N) is 3.